The Morgan fingerprint density at radius 1 is 0.339 bits per heavy atom. The number of fused-ring (bicyclic) bond motifs is 12. The van der Waals surface area contributed by atoms with Gasteiger partial charge in [-0.2, -0.15) is 0 Å². The Hall–Kier alpha value is -7.00. The number of anilines is 3. The van der Waals surface area contributed by atoms with Crippen LogP contribution in [0.5, 0.6) is 0 Å². The third-order valence-electron chi connectivity index (χ3n) is 12.8. The van der Waals surface area contributed by atoms with Crippen LogP contribution >= 0.6 is 11.3 Å². The molecule has 0 saturated carbocycles. The smallest absolute Gasteiger partial charge is 0.0468 e. The molecular formula is C57H39NS. The average Bonchev–Trinajstić information content (AvgIpc) is 3.79. The maximum Gasteiger partial charge on any atom is 0.0468 e. The minimum Gasteiger partial charge on any atom is -0.310 e. The van der Waals surface area contributed by atoms with Crippen LogP contribution in [-0.2, 0) is 5.41 Å². The molecule has 10 aromatic carbocycles. The third-order valence-corrected chi connectivity index (χ3v) is 14.1. The van der Waals surface area contributed by atoms with Gasteiger partial charge in [-0.05, 0) is 125 Å². The first-order valence-electron chi connectivity index (χ1n) is 20.5. The molecular weight excluding hydrogens is 731 g/mol. The van der Waals surface area contributed by atoms with Gasteiger partial charge in [-0.3, -0.25) is 0 Å². The first kappa shape index (κ1) is 34.1. The number of rotatable bonds is 5. The highest BCUT2D eigenvalue weighted by Gasteiger charge is 2.35. The first-order valence-corrected chi connectivity index (χ1v) is 21.3. The van der Waals surface area contributed by atoms with Crippen LogP contribution in [0.4, 0.5) is 17.1 Å². The predicted octanol–water partition coefficient (Wildman–Crippen LogP) is 16.6. The molecule has 0 bridgehead atoms. The minimum atomic E-state index is -0.0462. The van der Waals surface area contributed by atoms with E-state index in [-0.39, 0.29) is 5.41 Å². The second-order valence-electron chi connectivity index (χ2n) is 16.5. The van der Waals surface area contributed by atoms with E-state index in [1.165, 1.54) is 97.0 Å². The Balaban J connectivity index is 1.02. The Morgan fingerprint density at radius 3 is 1.68 bits per heavy atom. The van der Waals surface area contributed by atoms with E-state index >= 15 is 0 Å². The second-order valence-corrected chi connectivity index (χ2v) is 17.5. The Labute approximate surface area is 348 Å². The molecule has 1 aromatic heterocycles. The molecule has 11 aromatic rings. The van der Waals surface area contributed by atoms with Crippen LogP contribution < -0.4 is 4.90 Å². The molecule has 0 fully saturated rings. The van der Waals surface area contributed by atoms with Crippen molar-refractivity contribution in [3.8, 4) is 33.4 Å². The van der Waals surface area contributed by atoms with Gasteiger partial charge in [0.1, 0.15) is 0 Å². The monoisotopic (exact) mass is 769 g/mol. The lowest BCUT2D eigenvalue weighted by Gasteiger charge is -2.27. The van der Waals surface area contributed by atoms with Crippen molar-refractivity contribution in [2.24, 2.45) is 0 Å². The molecule has 0 unspecified atom stereocenters. The summed E-state index contributed by atoms with van der Waals surface area (Å²) < 4.78 is 2.65. The Morgan fingerprint density at radius 2 is 0.898 bits per heavy atom. The first-order chi connectivity index (χ1) is 29.0. The van der Waals surface area contributed by atoms with Gasteiger partial charge >= 0.3 is 0 Å². The molecule has 0 radical (unpaired) electrons. The average molecular weight is 770 g/mol. The zero-order valence-electron chi connectivity index (χ0n) is 32.9. The molecule has 0 N–H and O–H groups in total. The summed E-state index contributed by atoms with van der Waals surface area (Å²) in [5.74, 6) is 0. The fourth-order valence-corrected chi connectivity index (χ4v) is 11.2. The van der Waals surface area contributed by atoms with Crippen LogP contribution in [0.3, 0.4) is 0 Å². The molecule has 0 spiro atoms. The second kappa shape index (κ2) is 13.0. The van der Waals surface area contributed by atoms with E-state index in [0.29, 0.717) is 0 Å². The van der Waals surface area contributed by atoms with Crippen molar-refractivity contribution in [1.29, 1.82) is 0 Å². The maximum atomic E-state index is 2.43. The van der Waals surface area contributed by atoms with E-state index in [4.69, 9.17) is 0 Å². The Kier molecular flexibility index (Phi) is 7.51. The van der Waals surface area contributed by atoms with E-state index in [1.807, 2.05) is 11.3 Å². The van der Waals surface area contributed by atoms with Crippen molar-refractivity contribution >= 4 is 80.9 Å². The van der Waals surface area contributed by atoms with E-state index < -0.39 is 0 Å². The number of benzene rings is 10. The van der Waals surface area contributed by atoms with E-state index in [9.17, 15) is 0 Å². The van der Waals surface area contributed by atoms with Gasteiger partial charge in [-0.1, -0.05) is 166 Å². The van der Waals surface area contributed by atoms with Crippen LogP contribution in [0.25, 0.3) is 85.9 Å². The van der Waals surface area contributed by atoms with Crippen molar-refractivity contribution in [3.63, 3.8) is 0 Å². The quantitative estimate of drug-likeness (QED) is 0.158. The summed E-state index contributed by atoms with van der Waals surface area (Å²) in [7, 11) is 0. The summed E-state index contributed by atoms with van der Waals surface area (Å²) >= 11 is 1.88. The molecule has 0 aliphatic heterocycles. The number of thiophene rings is 1. The van der Waals surface area contributed by atoms with Crippen LogP contribution in [0.15, 0.2) is 200 Å². The zero-order valence-corrected chi connectivity index (χ0v) is 33.7. The van der Waals surface area contributed by atoms with Gasteiger partial charge in [-0.25, -0.2) is 0 Å². The fraction of sp³-hybridized carbons (Fsp3) is 0.0526. The van der Waals surface area contributed by atoms with Crippen molar-refractivity contribution in [2.45, 2.75) is 19.3 Å². The largest absolute Gasteiger partial charge is 0.310 e. The molecule has 0 atom stereocenters. The summed E-state index contributed by atoms with van der Waals surface area (Å²) in [6.07, 6.45) is 0. The highest BCUT2D eigenvalue weighted by molar-refractivity contribution is 7.26. The fourth-order valence-electron chi connectivity index (χ4n) is 9.96. The van der Waals surface area contributed by atoms with Crippen molar-refractivity contribution in [3.05, 3.63) is 211 Å². The molecule has 2 heteroatoms. The topological polar surface area (TPSA) is 3.24 Å². The lowest BCUT2D eigenvalue weighted by molar-refractivity contribution is 0.660. The third kappa shape index (κ3) is 5.23. The van der Waals surface area contributed by atoms with Gasteiger partial charge in [0, 0.05) is 42.6 Å². The summed E-state index contributed by atoms with van der Waals surface area (Å²) in [6, 6.07) is 74.4. The van der Waals surface area contributed by atoms with Gasteiger partial charge in [0.05, 0.1) is 0 Å². The minimum absolute atomic E-state index is 0.0462. The lowest BCUT2D eigenvalue weighted by atomic mass is 9.81. The molecule has 1 aliphatic carbocycles. The molecule has 1 aliphatic rings. The predicted molar refractivity (Wildman–Crippen MR) is 255 cm³/mol. The number of hydrogen-bond acceptors (Lipinski definition) is 2. The molecule has 12 rings (SSSR count). The van der Waals surface area contributed by atoms with Crippen molar-refractivity contribution in [2.75, 3.05) is 4.90 Å². The van der Waals surface area contributed by atoms with Gasteiger partial charge in [-0.15, -0.1) is 11.3 Å². The van der Waals surface area contributed by atoms with E-state index in [1.54, 1.807) is 0 Å². The molecule has 1 nitrogen and oxygen atoms in total. The number of nitrogens with zero attached hydrogens (tertiary/aromatic N) is 1. The SMILES string of the molecule is CC1(C)c2ccccc2-c2ccc(-c3ccc(N(c4cccc(-c5cccc6c5sc5ccccc56)c4)c4ccc5c6ccccc6c6ccccc6c5c4)cc3)cc21. The van der Waals surface area contributed by atoms with Crippen molar-refractivity contribution < 1.29 is 0 Å². The Bertz CT molecular complexity index is 3440. The van der Waals surface area contributed by atoms with E-state index in [0.717, 1.165) is 17.1 Å². The molecule has 0 amide bonds. The van der Waals surface area contributed by atoms with Gasteiger partial charge < -0.3 is 4.90 Å². The molecule has 0 saturated heterocycles. The molecule has 59 heavy (non-hydrogen) atoms. The zero-order chi connectivity index (χ0) is 39.2. The van der Waals surface area contributed by atoms with Gasteiger partial charge in [0.15, 0.2) is 0 Å². The highest BCUT2D eigenvalue weighted by atomic mass is 32.1. The van der Waals surface area contributed by atoms with Crippen molar-refractivity contribution in [1.82, 2.24) is 0 Å². The van der Waals surface area contributed by atoms with Crippen LogP contribution in [0.1, 0.15) is 25.0 Å². The lowest BCUT2D eigenvalue weighted by Crippen LogP contribution is -2.14. The summed E-state index contributed by atoms with van der Waals surface area (Å²) in [4.78, 5) is 2.43. The van der Waals surface area contributed by atoms with E-state index in [2.05, 4.69) is 219 Å². The van der Waals surface area contributed by atoms with Crippen LogP contribution in [0.2, 0.25) is 0 Å². The van der Waals surface area contributed by atoms with Crippen LogP contribution in [0, 0.1) is 0 Å². The summed E-state index contributed by atoms with van der Waals surface area (Å²) in [5.41, 5.74) is 13.7. The molecule has 1 heterocycles. The molecule has 278 valence electrons. The maximum absolute atomic E-state index is 2.43. The van der Waals surface area contributed by atoms with Gasteiger partial charge in [0.25, 0.3) is 0 Å². The number of hydrogen-bond donors (Lipinski definition) is 0. The summed E-state index contributed by atoms with van der Waals surface area (Å²) in [5, 5.41) is 10.3. The van der Waals surface area contributed by atoms with Gasteiger partial charge in [0.2, 0.25) is 0 Å². The van der Waals surface area contributed by atoms with Crippen LogP contribution in [-0.4, -0.2) is 0 Å². The normalized spacial score (nSPS) is 13.1. The summed E-state index contributed by atoms with van der Waals surface area (Å²) in [6.45, 7) is 4.71. The standard InChI is InChI=1S/C57H39NS/c1-57(2)53-23-9-7-19-48(53)49-31-27-37(34-54(49)57)36-25-28-39(29-26-36)58(41-30-32-47-45-17-4-3-15-43(45)44-16-5-6-18-46(44)52(47)35-41)40-14-11-13-38(33-40)42-21-12-22-51-50-20-8-10-24-55(50)59-56(42)51/h3-35H,1-2H3. The highest BCUT2D eigenvalue weighted by Crippen LogP contribution is 2.50.